The number of carbonyl (C=O) groups excluding carboxylic acids is 2. The Morgan fingerprint density at radius 2 is 1.02 bits per heavy atom. The Kier molecular flexibility index (Phi) is 13.3. The van der Waals surface area contributed by atoms with Crippen molar-refractivity contribution in [2.45, 2.75) is 51.1 Å². The lowest BCUT2D eigenvalue weighted by atomic mass is 10.0. The van der Waals surface area contributed by atoms with Gasteiger partial charge in [-0.25, -0.2) is 0 Å². The molecule has 0 saturated heterocycles. The fourth-order valence-electron chi connectivity index (χ4n) is 6.48. The van der Waals surface area contributed by atoms with E-state index in [0.29, 0.717) is 53.8 Å². The van der Waals surface area contributed by atoms with Crippen LogP contribution in [0.3, 0.4) is 0 Å². The van der Waals surface area contributed by atoms with Gasteiger partial charge in [-0.3, -0.25) is 9.59 Å². The minimum atomic E-state index is -4.87. The number of ether oxygens (including phenoxy) is 1. The number of amides is 2. The lowest BCUT2D eigenvalue weighted by Crippen LogP contribution is -2.42. The van der Waals surface area contributed by atoms with E-state index in [0.717, 1.165) is 48.9 Å². The number of benzene rings is 4. The van der Waals surface area contributed by atoms with Crippen LogP contribution < -0.4 is 15.4 Å². The maximum Gasteiger partial charge on any atom is 0.471 e. The molecule has 16 heteroatoms. The molecule has 8 nitrogen and oxygen atoms in total. The SMILES string of the molecule is COc1ccc(CNc2c(Cl)ccc3c2CCN(C(=O)C(F)(F)F)CC3)cc1.O=C(N1CCc2ccc(Cl)c(NCc3ccc(O)cc3)c2CC1)C(F)(F)F. The molecule has 0 radical (unpaired) electrons. The van der Waals surface area contributed by atoms with Crippen LogP contribution in [-0.4, -0.2) is 72.4 Å². The Labute approximate surface area is 324 Å². The first-order valence-corrected chi connectivity index (χ1v) is 18.0. The van der Waals surface area contributed by atoms with Crippen molar-refractivity contribution in [2.75, 3.05) is 43.9 Å². The molecule has 2 heterocycles. The molecule has 0 saturated carbocycles. The number of alkyl halides is 6. The third kappa shape index (κ3) is 10.7. The molecule has 4 aromatic rings. The second kappa shape index (κ2) is 17.8. The summed E-state index contributed by atoms with van der Waals surface area (Å²) < 4.78 is 81.6. The first kappa shape index (κ1) is 41.3. The number of phenols is 1. The van der Waals surface area contributed by atoms with Gasteiger partial charge in [0.15, 0.2) is 0 Å². The number of halogens is 8. The van der Waals surface area contributed by atoms with E-state index in [1.54, 1.807) is 49.6 Å². The Morgan fingerprint density at radius 1 is 0.636 bits per heavy atom. The third-order valence-electron chi connectivity index (χ3n) is 9.38. The second-order valence-electron chi connectivity index (χ2n) is 12.9. The van der Waals surface area contributed by atoms with Gasteiger partial charge in [-0.05, 0) is 95.5 Å². The van der Waals surface area contributed by atoms with E-state index < -0.39 is 24.2 Å². The lowest BCUT2D eigenvalue weighted by molar-refractivity contribution is -0.185. The van der Waals surface area contributed by atoms with E-state index >= 15 is 0 Å². The zero-order valence-electron chi connectivity index (χ0n) is 29.6. The van der Waals surface area contributed by atoms with Crippen molar-refractivity contribution in [3.05, 3.63) is 116 Å². The molecule has 2 aliphatic heterocycles. The number of phenolic OH excluding ortho intramolecular Hbond substituents is 1. The van der Waals surface area contributed by atoms with Gasteiger partial charge in [0.25, 0.3) is 0 Å². The molecule has 2 amide bonds. The zero-order chi connectivity index (χ0) is 39.9. The fourth-order valence-corrected chi connectivity index (χ4v) is 6.97. The average molecular weight is 812 g/mol. The molecule has 0 spiro atoms. The smallest absolute Gasteiger partial charge is 0.471 e. The summed E-state index contributed by atoms with van der Waals surface area (Å²) in [5.74, 6) is -2.68. The zero-order valence-corrected chi connectivity index (χ0v) is 31.1. The maximum atomic E-state index is 12.8. The molecule has 0 aliphatic carbocycles. The van der Waals surface area contributed by atoms with E-state index in [2.05, 4.69) is 10.6 Å². The summed E-state index contributed by atoms with van der Waals surface area (Å²) in [6.07, 6.45) is -8.44. The van der Waals surface area contributed by atoms with Crippen molar-refractivity contribution < 1.29 is 45.8 Å². The van der Waals surface area contributed by atoms with Crippen molar-refractivity contribution in [1.82, 2.24) is 9.80 Å². The number of aromatic hydroxyl groups is 1. The van der Waals surface area contributed by atoms with Gasteiger partial charge in [-0.15, -0.1) is 0 Å². The number of rotatable bonds is 7. The van der Waals surface area contributed by atoms with Crippen molar-refractivity contribution in [2.24, 2.45) is 0 Å². The summed E-state index contributed by atoms with van der Waals surface area (Å²) in [5.41, 5.74) is 6.78. The minimum absolute atomic E-state index is 0.00288. The lowest BCUT2D eigenvalue weighted by Gasteiger charge is -2.21. The molecule has 6 rings (SSSR count). The van der Waals surface area contributed by atoms with Crippen LogP contribution >= 0.6 is 23.2 Å². The van der Waals surface area contributed by atoms with E-state index in [1.807, 2.05) is 30.3 Å². The Balaban J connectivity index is 0.000000211. The summed E-state index contributed by atoms with van der Waals surface area (Å²) in [4.78, 5) is 24.8. The van der Waals surface area contributed by atoms with Crippen molar-refractivity contribution in [3.8, 4) is 11.5 Å². The minimum Gasteiger partial charge on any atom is -0.508 e. The third-order valence-corrected chi connectivity index (χ3v) is 10.0. The summed E-state index contributed by atoms with van der Waals surface area (Å²) in [6, 6.07) is 21.3. The van der Waals surface area contributed by atoms with Crippen LogP contribution in [0.1, 0.15) is 33.4 Å². The van der Waals surface area contributed by atoms with Crippen LogP contribution in [-0.2, 0) is 48.4 Å². The number of hydrogen-bond acceptors (Lipinski definition) is 6. The number of carbonyl (C=O) groups is 2. The first-order chi connectivity index (χ1) is 26.0. The molecular formula is C39H38Cl2F6N4O4. The first-order valence-electron chi connectivity index (χ1n) is 17.3. The van der Waals surface area contributed by atoms with Crippen LogP contribution in [0.15, 0.2) is 72.8 Å². The van der Waals surface area contributed by atoms with Crippen LogP contribution in [0, 0.1) is 0 Å². The predicted molar refractivity (Wildman–Crippen MR) is 199 cm³/mol. The largest absolute Gasteiger partial charge is 0.508 e. The number of nitrogens with one attached hydrogen (secondary N) is 2. The number of methoxy groups -OCH3 is 1. The highest BCUT2D eigenvalue weighted by atomic mass is 35.5. The molecule has 0 fully saturated rings. The highest BCUT2D eigenvalue weighted by molar-refractivity contribution is 6.33. The van der Waals surface area contributed by atoms with Crippen LogP contribution in [0.4, 0.5) is 37.7 Å². The molecule has 0 atom stereocenters. The van der Waals surface area contributed by atoms with E-state index in [4.69, 9.17) is 27.9 Å². The molecule has 0 aromatic heterocycles. The quantitative estimate of drug-likeness (QED) is 0.162. The molecule has 4 aromatic carbocycles. The number of fused-ring (bicyclic) bond motifs is 2. The van der Waals surface area contributed by atoms with Gasteiger partial charge in [0, 0.05) is 39.3 Å². The van der Waals surface area contributed by atoms with Crippen molar-refractivity contribution in [1.29, 1.82) is 0 Å². The summed E-state index contributed by atoms with van der Waals surface area (Å²) in [6.45, 7) is 0.991. The topological polar surface area (TPSA) is 94.1 Å². The van der Waals surface area contributed by atoms with Gasteiger partial charge in [0.05, 0.1) is 28.5 Å². The van der Waals surface area contributed by atoms with Crippen molar-refractivity contribution in [3.63, 3.8) is 0 Å². The highest BCUT2D eigenvalue weighted by Crippen LogP contribution is 2.34. The van der Waals surface area contributed by atoms with Crippen LogP contribution in [0.25, 0.3) is 0 Å². The van der Waals surface area contributed by atoms with Crippen LogP contribution in [0.2, 0.25) is 10.0 Å². The molecule has 0 unspecified atom stereocenters. The van der Waals surface area contributed by atoms with E-state index in [-0.39, 0.29) is 38.3 Å². The number of anilines is 2. The summed E-state index contributed by atoms with van der Waals surface area (Å²) in [7, 11) is 1.60. The number of nitrogens with zero attached hydrogens (tertiary/aromatic N) is 2. The van der Waals surface area contributed by atoms with Gasteiger partial charge >= 0.3 is 24.2 Å². The Bertz CT molecular complexity index is 1980. The summed E-state index contributed by atoms with van der Waals surface area (Å²) in [5, 5.41) is 16.9. The van der Waals surface area contributed by atoms with Gasteiger partial charge in [-0.2, -0.15) is 26.3 Å². The monoisotopic (exact) mass is 810 g/mol. The molecule has 294 valence electrons. The maximum absolute atomic E-state index is 12.8. The Hall–Kier alpha value is -4.82. The molecule has 0 bridgehead atoms. The Morgan fingerprint density at radius 3 is 1.40 bits per heavy atom. The second-order valence-corrected chi connectivity index (χ2v) is 13.7. The van der Waals surface area contributed by atoms with E-state index in [1.165, 1.54) is 0 Å². The van der Waals surface area contributed by atoms with Gasteiger partial charge in [0.2, 0.25) is 0 Å². The molecule has 2 aliphatic rings. The average Bonchev–Trinajstić information content (AvgIpc) is 3.51. The molecular weight excluding hydrogens is 773 g/mol. The number of hydrogen-bond donors (Lipinski definition) is 3. The van der Waals surface area contributed by atoms with Gasteiger partial charge in [0.1, 0.15) is 11.5 Å². The highest BCUT2D eigenvalue weighted by Gasteiger charge is 2.43. The van der Waals surface area contributed by atoms with Crippen molar-refractivity contribution >= 4 is 46.4 Å². The van der Waals surface area contributed by atoms with Gasteiger partial charge in [-0.1, -0.05) is 59.6 Å². The molecule has 55 heavy (non-hydrogen) atoms. The normalized spacial score (nSPS) is 14.3. The fraction of sp³-hybridized carbons (Fsp3) is 0.333. The predicted octanol–water partition coefficient (Wildman–Crippen LogP) is 8.60. The van der Waals surface area contributed by atoms with E-state index in [9.17, 15) is 41.0 Å². The summed E-state index contributed by atoms with van der Waals surface area (Å²) >= 11 is 12.7. The molecule has 3 N–H and O–H groups in total. The van der Waals surface area contributed by atoms with Crippen LogP contribution in [0.5, 0.6) is 11.5 Å². The van der Waals surface area contributed by atoms with Gasteiger partial charge < -0.3 is 30.3 Å². The standard InChI is InChI=1S/C20H20ClF3N2O2.C19H18ClF3N2O2/c1-28-15-5-2-13(3-6-15)12-25-18-16-9-11-26(19(27)20(22,23)24)10-8-14(16)4-7-17(18)21;20-16-6-3-13-7-9-25(18(27)19(21,22)23)10-8-15(13)17(16)24-11-12-1-4-14(26)5-2-12/h2-7,25H,8-12H2,1H3;1-6,24,26H,7-11H2.